The lowest BCUT2D eigenvalue weighted by atomic mass is 10.1. The largest absolute Gasteiger partial charge is 0.586 e. The molecule has 35 heavy (non-hydrogen) atoms. The van der Waals surface area contributed by atoms with E-state index in [4.69, 9.17) is 23.2 Å². The lowest BCUT2D eigenvalue weighted by molar-refractivity contribution is -0.286. The van der Waals surface area contributed by atoms with Crippen LogP contribution in [-0.2, 0) is 6.18 Å². The van der Waals surface area contributed by atoms with Gasteiger partial charge in [0.1, 0.15) is 10.7 Å². The van der Waals surface area contributed by atoms with Crippen molar-refractivity contribution in [2.24, 2.45) is 0 Å². The van der Waals surface area contributed by atoms with Crippen molar-refractivity contribution in [3.63, 3.8) is 0 Å². The number of halogens is 7. The van der Waals surface area contributed by atoms with Crippen molar-refractivity contribution in [3.8, 4) is 17.3 Å². The quantitative estimate of drug-likeness (QED) is 0.473. The predicted molar refractivity (Wildman–Crippen MR) is 110 cm³/mol. The van der Waals surface area contributed by atoms with Crippen LogP contribution < -0.4 is 20.1 Å². The molecule has 3 aromatic rings. The van der Waals surface area contributed by atoms with Crippen LogP contribution in [0, 0.1) is 0 Å². The third-order valence-corrected chi connectivity index (χ3v) is 5.18. The Morgan fingerprint density at radius 2 is 1.86 bits per heavy atom. The van der Waals surface area contributed by atoms with Crippen molar-refractivity contribution in [2.75, 3.05) is 12.4 Å². The van der Waals surface area contributed by atoms with Crippen LogP contribution in [0.15, 0.2) is 30.5 Å². The number of rotatable bonds is 4. The minimum absolute atomic E-state index is 0.132. The summed E-state index contributed by atoms with van der Waals surface area (Å²) in [6, 6.07) is 3.94. The summed E-state index contributed by atoms with van der Waals surface area (Å²) in [5.74, 6) is -3.75. The molecule has 2 amide bonds. The first-order valence-corrected chi connectivity index (χ1v) is 10.0. The van der Waals surface area contributed by atoms with E-state index in [-0.39, 0.29) is 10.8 Å². The Kier molecular flexibility index (Phi) is 5.97. The number of nitrogens with zero attached hydrogens (tertiary/aromatic N) is 3. The highest BCUT2D eigenvalue weighted by molar-refractivity contribution is 6.37. The number of hydrogen-bond donors (Lipinski definition) is 2. The molecule has 0 aliphatic carbocycles. The number of fused-ring (bicyclic) bond motifs is 1. The zero-order valence-corrected chi connectivity index (χ0v) is 18.5. The molecule has 2 N–H and O–H groups in total. The number of carbonyl (C=O) groups excluding carboxylic acids is 2. The van der Waals surface area contributed by atoms with E-state index in [0.717, 1.165) is 6.07 Å². The number of alkyl halides is 5. The molecule has 4 rings (SSSR count). The van der Waals surface area contributed by atoms with E-state index in [1.165, 1.54) is 25.4 Å². The number of carbonyl (C=O) groups is 2. The summed E-state index contributed by atoms with van der Waals surface area (Å²) in [6.45, 7) is 0. The van der Waals surface area contributed by atoms with Crippen molar-refractivity contribution in [2.45, 2.75) is 12.5 Å². The molecule has 16 heteroatoms. The molecule has 0 saturated carbocycles. The molecule has 0 atom stereocenters. The fourth-order valence-corrected chi connectivity index (χ4v) is 3.52. The number of amides is 2. The molecule has 184 valence electrons. The van der Waals surface area contributed by atoms with Crippen LogP contribution in [0.5, 0.6) is 11.5 Å². The number of pyridine rings is 1. The number of benzene rings is 1. The highest BCUT2D eigenvalue weighted by Crippen LogP contribution is 2.50. The molecule has 0 fully saturated rings. The molecule has 3 heterocycles. The smallest absolute Gasteiger partial charge is 0.395 e. The number of aromatic nitrogens is 3. The van der Waals surface area contributed by atoms with Crippen molar-refractivity contribution in [1.29, 1.82) is 0 Å². The van der Waals surface area contributed by atoms with Crippen molar-refractivity contribution in [1.82, 2.24) is 20.1 Å². The summed E-state index contributed by atoms with van der Waals surface area (Å²) in [7, 11) is 1.20. The summed E-state index contributed by atoms with van der Waals surface area (Å²) in [4.78, 5) is 29.3. The first kappa shape index (κ1) is 24.5. The zero-order valence-electron chi connectivity index (χ0n) is 17.0. The van der Waals surface area contributed by atoms with Crippen LogP contribution in [0.1, 0.15) is 26.5 Å². The van der Waals surface area contributed by atoms with Crippen LogP contribution in [0.3, 0.4) is 0 Å². The molecule has 0 unspecified atom stereocenters. The summed E-state index contributed by atoms with van der Waals surface area (Å²) < 4.78 is 76.3. The Morgan fingerprint density at radius 1 is 1.14 bits per heavy atom. The van der Waals surface area contributed by atoms with Crippen LogP contribution >= 0.6 is 23.2 Å². The summed E-state index contributed by atoms with van der Waals surface area (Å²) in [5.41, 5.74) is -3.14. The second-order valence-corrected chi connectivity index (χ2v) is 7.56. The lowest BCUT2D eigenvalue weighted by Crippen LogP contribution is -2.26. The maximum Gasteiger partial charge on any atom is 0.586 e. The normalized spacial score (nSPS) is 14.1. The van der Waals surface area contributed by atoms with Gasteiger partial charge in [-0.05, 0) is 18.2 Å². The molecular formula is C19H10Cl2F5N5O4. The van der Waals surface area contributed by atoms with Crippen molar-refractivity contribution in [3.05, 3.63) is 57.5 Å². The van der Waals surface area contributed by atoms with Gasteiger partial charge in [-0.2, -0.15) is 18.3 Å². The third kappa shape index (κ3) is 4.53. The molecule has 0 spiro atoms. The zero-order chi connectivity index (χ0) is 25.7. The Bertz CT molecular complexity index is 1360. The van der Waals surface area contributed by atoms with E-state index in [1.54, 1.807) is 0 Å². The molecule has 1 aliphatic rings. The van der Waals surface area contributed by atoms with Gasteiger partial charge < -0.3 is 20.1 Å². The third-order valence-electron chi connectivity index (χ3n) is 4.52. The van der Waals surface area contributed by atoms with Crippen molar-refractivity contribution < 1.29 is 41.0 Å². The van der Waals surface area contributed by atoms with Crippen LogP contribution in [-0.4, -0.2) is 39.9 Å². The summed E-state index contributed by atoms with van der Waals surface area (Å²) in [5, 5.41) is 6.95. The fraction of sp³-hybridized carbons (Fsp3) is 0.158. The Hall–Kier alpha value is -3.65. The van der Waals surface area contributed by atoms with Gasteiger partial charge in [0.05, 0.1) is 16.3 Å². The molecular weight excluding hydrogens is 528 g/mol. The van der Waals surface area contributed by atoms with E-state index >= 15 is 0 Å². The first-order valence-electron chi connectivity index (χ1n) is 9.26. The van der Waals surface area contributed by atoms with Gasteiger partial charge in [0.15, 0.2) is 23.0 Å². The first-order chi connectivity index (χ1) is 16.3. The maximum absolute atomic E-state index is 13.6. The molecule has 0 radical (unpaired) electrons. The van der Waals surface area contributed by atoms with E-state index < -0.39 is 63.4 Å². The minimum Gasteiger partial charge on any atom is -0.395 e. The molecule has 9 nitrogen and oxygen atoms in total. The van der Waals surface area contributed by atoms with Crippen LogP contribution in [0.4, 0.5) is 27.6 Å². The second-order valence-electron chi connectivity index (χ2n) is 6.77. The molecule has 2 aromatic heterocycles. The lowest BCUT2D eigenvalue weighted by Gasteiger charge is -2.14. The monoisotopic (exact) mass is 537 g/mol. The van der Waals surface area contributed by atoms with Gasteiger partial charge in [-0.15, -0.1) is 8.78 Å². The molecule has 0 bridgehead atoms. The average molecular weight is 538 g/mol. The van der Waals surface area contributed by atoms with E-state index in [9.17, 15) is 31.5 Å². The topological polar surface area (TPSA) is 107 Å². The summed E-state index contributed by atoms with van der Waals surface area (Å²) in [6.07, 6.45) is -7.85. The summed E-state index contributed by atoms with van der Waals surface area (Å²) >= 11 is 12.1. The highest BCUT2D eigenvalue weighted by Gasteiger charge is 2.46. The van der Waals surface area contributed by atoms with E-state index in [1.807, 2.05) is 0 Å². The van der Waals surface area contributed by atoms with Crippen LogP contribution in [0.2, 0.25) is 10.0 Å². The van der Waals surface area contributed by atoms with Gasteiger partial charge in [-0.3, -0.25) is 9.59 Å². The SMILES string of the molecule is CNC(=O)c1cc2c(c(Cl)c1NC(=O)c1cc(C(F)(F)F)nn1-c1ncccc1Cl)OC(F)(F)O2. The Morgan fingerprint density at radius 3 is 2.49 bits per heavy atom. The van der Waals surface area contributed by atoms with Gasteiger partial charge in [0.2, 0.25) is 0 Å². The highest BCUT2D eigenvalue weighted by atomic mass is 35.5. The van der Waals surface area contributed by atoms with Crippen LogP contribution in [0.25, 0.3) is 5.82 Å². The second kappa shape index (κ2) is 8.53. The standard InChI is InChI=1S/C19H10Cl2F5N5O4/c1-27-16(32)7-5-10-14(35-19(25,26)34-10)12(21)13(7)29-17(33)9-6-11(18(22,23)24)30-31(9)15-8(20)3-2-4-28-15/h2-6H,1H3,(H,27,32)(H,29,33). The van der Waals surface area contributed by atoms with Gasteiger partial charge in [0, 0.05) is 19.3 Å². The molecule has 1 aromatic carbocycles. The maximum atomic E-state index is 13.6. The molecule has 1 aliphatic heterocycles. The number of nitrogens with one attached hydrogen (secondary N) is 2. The van der Waals surface area contributed by atoms with E-state index in [0.29, 0.717) is 10.7 Å². The van der Waals surface area contributed by atoms with E-state index in [2.05, 4.69) is 30.2 Å². The Labute approximate surface area is 201 Å². The number of ether oxygens (including phenoxy) is 2. The van der Waals surface area contributed by atoms with Gasteiger partial charge in [-0.1, -0.05) is 23.2 Å². The minimum atomic E-state index is -4.95. The predicted octanol–water partition coefficient (Wildman–Crippen LogP) is 4.53. The molecule has 0 saturated heterocycles. The van der Waals surface area contributed by atoms with Gasteiger partial charge in [0.25, 0.3) is 11.8 Å². The van der Waals surface area contributed by atoms with Gasteiger partial charge in [-0.25, -0.2) is 9.67 Å². The van der Waals surface area contributed by atoms with Crippen molar-refractivity contribution >= 4 is 40.7 Å². The number of hydrogen-bond acceptors (Lipinski definition) is 6. The Balaban J connectivity index is 1.83. The number of anilines is 1. The fourth-order valence-electron chi connectivity index (χ4n) is 3.04. The van der Waals surface area contributed by atoms with Gasteiger partial charge >= 0.3 is 12.5 Å². The average Bonchev–Trinajstić information content (AvgIpc) is 3.36.